The van der Waals surface area contributed by atoms with E-state index in [1.54, 1.807) is 24.3 Å². The standard InChI is InChI=1S/C26H26N2O2/c1-26(17-10-18-28(26)19-20-11-4-2-5-12-20)25(30)27-23-16-9-8-15-22(23)24(29)21-13-6-3-7-14-21/h2-9,11-16H,10,17-19H2,1H3,(H,27,30)/t26-/m0/s1. The van der Waals surface area contributed by atoms with Crippen LogP contribution in [0.5, 0.6) is 0 Å². The number of hydrogen-bond acceptors (Lipinski definition) is 3. The minimum absolute atomic E-state index is 0.0655. The Balaban J connectivity index is 1.56. The molecule has 1 atom stereocenters. The van der Waals surface area contributed by atoms with Gasteiger partial charge in [-0.15, -0.1) is 0 Å². The van der Waals surface area contributed by atoms with E-state index in [0.717, 1.165) is 25.9 Å². The van der Waals surface area contributed by atoms with Crippen molar-refractivity contribution >= 4 is 17.4 Å². The Hall–Kier alpha value is -3.24. The van der Waals surface area contributed by atoms with Crippen molar-refractivity contribution in [3.05, 3.63) is 102 Å². The number of carbonyl (C=O) groups excluding carboxylic acids is 2. The summed E-state index contributed by atoms with van der Waals surface area (Å²) in [6.45, 7) is 3.61. The van der Waals surface area contributed by atoms with Crippen LogP contribution in [0.4, 0.5) is 5.69 Å². The van der Waals surface area contributed by atoms with Crippen LogP contribution in [0.15, 0.2) is 84.9 Å². The van der Waals surface area contributed by atoms with Crippen molar-refractivity contribution in [1.29, 1.82) is 0 Å². The highest BCUT2D eigenvalue weighted by Crippen LogP contribution is 2.32. The van der Waals surface area contributed by atoms with Gasteiger partial charge in [0.1, 0.15) is 0 Å². The maximum atomic E-state index is 13.4. The molecule has 0 spiro atoms. The number of carbonyl (C=O) groups is 2. The molecule has 30 heavy (non-hydrogen) atoms. The van der Waals surface area contributed by atoms with Gasteiger partial charge in [0, 0.05) is 17.7 Å². The normalized spacial score (nSPS) is 18.8. The number of para-hydroxylation sites is 1. The molecule has 3 aromatic carbocycles. The van der Waals surface area contributed by atoms with Crippen LogP contribution >= 0.6 is 0 Å². The van der Waals surface area contributed by atoms with E-state index in [0.29, 0.717) is 16.8 Å². The van der Waals surface area contributed by atoms with Gasteiger partial charge in [0.2, 0.25) is 5.91 Å². The van der Waals surface area contributed by atoms with Crippen molar-refractivity contribution < 1.29 is 9.59 Å². The topological polar surface area (TPSA) is 49.4 Å². The summed E-state index contributed by atoms with van der Waals surface area (Å²) in [6, 6.07) is 26.6. The van der Waals surface area contributed by atoms with E-state index < -0.39 is 5.54 Å². The minimum atomic E-state index is -0.612. The maximum absolute atomic E-state index is 13.4. The molecule has 0 aromatic heterocycles. The number of rotatable bonds is 6. The summed E-state index contributed by atoms with van der Waals surface area (Å²) in [4.78, 5) is 28.6. The van der Waals surface area contributed by atoms with Crippen LogP contribution in [0.1, 0.15) is 41.3 Å². The Morgan fingerprint density at radius 1 is 0.900 bits per heavy atom. The van der Waals surface area contributed by atoms with Gasteiger partial charge in [0.15, 0.2) is 5.78 Å². The van der Waals surface area contributed by atoms with Crippen LogP contribution in [-0.2, 0) is 11.3 Å². The summed E-state index contributed by atoms with van der Waals surface area (Å²) in [7, 11) is 0. The van der Waals surface area contributed by atoms with Crippen LogP contribution in [0.2, 0.25) is 0 Å². The molecule has 0 unspecified atom stereocenters. The van der Waals surface area contributed by atoms with E-state index in [1.165, 1.54) is 5.56 Å². The molecule has 0 bridgehead atoms. The molecule has 1 amide bonds. The van der Waals surface area contributed by atoms with Gasteiger partial charge in [-0.3, -0.25) is 14.5 Å². The molecule has 152 valence electrons. The van der Waals surface area contributed by atoms with Crippen molar-refractivity contribution in [2.24, 2.45) is 0 Å². The monoisotopic (exact) mass is 398 g/mol. The lowest BCUT2D eigenvalue weighted by Crippen LogP contribution is -2.50. The Labute approximate surface area is 177 Å². The molecule has 1 aliphatic rings. The number of likely N-dealkylation sites (tertiary alicyclic amines) is 1. The van der Waals surface area contributed by atoms with E-state index in [4.69, 9.17) is 0 Å². The highest BCUT2D eigenvalue weighted by molar-refractivity contribution is 6.14. The van der Waals surface area contributed by atoms with E-state index in [2.05, 4.69) is 22.3 Å². The molecule has 4 rings (SSSR count). The maximum Gasteiger partial charge on any atom is 0.244 e. The first-order chi connectivity index (χ1) is 14.6. The number of amides is 1. The largest absolute Gasteiger partial charge is 0.324 e. The SMILES string of the molecule is C[C@@]1(C(=O)Nc2ccccc2C(=O)c2ccccc2)CCCN1Cc1ccccc1. The summed E-state index contributed by atoms with van der Waals surface area (Å²) >= 11 is 0. The molecule has 3 aromatic rings. The predicted octanol–water partition coefficient (Wildman–Crippen LogP) is 4.91. The number of ketones is 1. The molecule has 1 aliphatic heterocycles. The highest BCUT2D eigenvalue weighted by Gasteiger charge is 2.43. The zero-order chi connectivity index (χ0) is 21.0. The third-order valence-corrected chi connectivity index (χ3v) is 5.95. The molecular formula is C26H26N2O2. The first-order valence-electron chi connectivity index (χ1n) is 10.4. The van der Waals surface area contributed by atoms with Crippen molar-refractivity contribution in [2.75, 3.05) is 11.9 Å². The second-order valence-corrected chi connectivity index (χ2v) is 7.98. The van der Waals surface area contributed by atoms with Gasteiger partial charge in [-0.1, -0.05) is 72.8 Å². The van der Waals surface area contributed by atoms with E-state index in [9.17, 15) is 9.59 Å². The van der Waals surface area contributed by atoms with Crippen LogP contribution in [0.3, 0.4) is 0 Å². The van der Waals surface area contributed by atoms with Crippen molar-refractivity contribution in [2.45, 2.75) is 31.8 Å². The molecule has 0 saturated carbocycles. The predicted molar refractivity (Wildman–Crippen MR) is 119 cm³/mol. The fourth-order valence-electron chi connectivity index (χ4n) is 4.13. The smallest absolute Gasteiger partial charge is 0.244 e. The first kappa shape index (κ1) is 20.0. The Kier molecular flexibility index (Phi) is 5.77. The lowest BCUT2D eigenvalue weighted by molar-refractivity contribution is -0.125. The summed E-state index contributed by atoms with van der Waals surface area (Å²) < 4.78 is 0. The quantitative estimate of drug-likeness (QED) is 0.600. The number of anilines is 1. The molecular weight excluding hydrogens is 372 g/mol. The van der Waals surface area contributed by atoms with Crippen LogP contribution in [0.25, 0.3) is 0 Å². The number of benzene rings is 3. The second kappa shape index (κ2) is 8.64. The Bertz CT molecular complexity index is 1030. The van der Waals surface area contributed by atoms with Gasteiger partial charge in [0.05, 0.1) is 11.2 Å². The zero-order valence-corrected chi connectivity index (χ0v) is 17.2. The van der Waals surface area contributed by atoms with E-state index in [1.807, 2.05) is 55.5 Å². The molecule has 4 nitrogen and oxygen atoms in total. The highest BCUT2D eigenvalue weighted by atomic mass is 16.2. The van der Waals surface area contributed by atoms with Gasteiger partial charge in [-0.25, -0.2) is 0 Å². The molecule has 0 radical (unpaired) electrons. The Morgan fingerprint density at radius 2 is 1.53 bits per heavy atom. The van der Waals surface area contributed by atoms with Gasteiger partial charge in [0.25, 0.3) is 0 Å². The zero-order valence-electron chi connectivity index (χ0n) is 17.2. The van der Waals surface area contributed by atoms with Gasteiger partial charge >= 0.3 is 0 Å². The molecule has 1 heterocycles. The van der Waals surface area contributed by atoms with Crippen LogP contribution in [0, 0.1) is 0 Å². The minimum Gasteiger partial charge on any atom is -0.324 e. The van der Waals surface area contributed by atoms with Crippen molar-refractivity contribution in [3.63, 3.8) is 0 Å². The molecule has 0 aliphatic carbocycles. The van der Waals surface area contributed by atoms with Gasteiger partial charge in [-0.2, -0.15) is 0 Å². The lowest BCUT2D eigenvalue weighted by Gasteiger charge is -2.34. The van der Waals surface area contributed by atoms with Crippen molar-refractivity contribution in [3.8, 4) is 0 Å². The Morgan fingerprint density at radius 3 is 2.27 bits per heavy atom. The van der Waals surface area contributed by atoms with Crippen LogP contribution in [-0.4, -0.2) is 28.7 Å². The number of nitrogens with one attached hydrogen (secondary N) is 1. The third kappa shape index (κ3) is 4.05. The number of nitrogens with zero attached hydrogens (tertiary/aromatic N) is 1. The van der Waals surface area contributed by atoms with Crippen molar-refractivity contribution in [1.82, 2.24) is 4.90 Å². The fourth-order valence-corrected chi connectivity index (χ4v) is 4.13. The lowest BCUT2D eigenvalue weighted by atomic mass is 9.96. The average molecular weight is 399 g/mol. The molecule has 1 N–H and O–H groups in total. The molecule has 1 saturated heterocycles. The summed E-state index contributed by atoms with van der Waals surface area (Å²) in [5.41, 5.74) is 2.26. The summed E-state index contributed by atoms with van der Waals surface area (Å²) in [5.74, 6) is -0.159. The average Bonchev–Trinajstić information content (AvgIpc) is 3.16. The number of hydrogen-bond donors (Lipinski definition) is 1. The van der Waals surface area contributed by atoms with Gasteiger partial charge < -0.3 is 5.32 Å². The van der Waals surface area contributed by atoms with E-state index >= 15 is 0 Å². The fraction of sp³-hybridized carbons (Fsp3) is 0.231. The van der Waals surface area contributed by atoms with E-state index in [-0.39, 0.29) is 11.7 Å². The summed E-state index contributed by atoms with van der Waals surface area (Å²) in [6.07, 6.45) is 1.77. The molecule has 1 fully saturated rings. The summed E-state index contributed by atoms with van der Waals surface area (Å²) in [5, 5.41) is 3.06. The first-order valence-corrected chi connectivity index (χ1v) is 10.4. The second-order valence-electron chi connectivity index (χ2n) is 7.98. The third-order valence-electron chi connectivity index (χ3n) is 5.95. The van der Waals surface area contributed by atoms with Gasteiger partial charge in [-0.05, 0) is 44.0 Å². The molecule has 4 heteroatoms. The van der Waals surface area contributed by atoms with Crippen LogP contribution < -0.4 is 5.32 Å².